The van der Waals surface area contributed by atoms with Gasteiger partial charge in [0.25, 0.3) is 30.3 Å². The van der Waals surface area contributed by atoms with Crippen LogP contribution in [0.5, 0.6) is 5.75 Å². The molecule has 5 aromatic rings. The third-order valence-electron chi connectivity index (χ3n) is 8.42. The molecule has 0 amide bonds. The number of benzene rings is 5. The minimum Gasteiger partial charge on any atom is -0.505 e. The van der Waals surface area contributed by atoms with Crippen LogP contribution in [-0.4, -0.2) is 72.4 Å². The minimum atomic E-state index is -5.36. The first kappa shape index (κ1) is 50.4. The molecule has 0 radical (unpaired) electrons. The average Bonchev–Trinajstić information content (AvgIpc) is 3.20. The van der Waals surface area contributed by atoms with Crippen molar-refractivity contribution in [3.63, 3.8) is 0 Å². The number of aromatic hydroxyl groups is 1. The van der Waals surface area contributed by atoms with Gasteiger partial charge in [-0.25, -0.2) is 16.8 Å². The highest BCUT2D eigenvalue weighted by atomic mass is 33.1. The molecule has 0 saturated carbocycles. The Morgan fingerprint density at radius 2 is 1.24 bits per heavy atom. The summed E-state index contributed by atoms with van der Waals surface area (Å²) in [5, 5.41) is 33.1. The zero-order valence-corrected chi connectivity index (χ0v) is 38.1. The maximum absolute atomic E-state index is 13.1. The number of azo groups is 3. The van der Waals surface area contributed by atoms with E-state index in [-0.39, 0.29) is 49.0 Å². The standard InChI is InChI=1S/C36H34N10O14S6/c1-20(40-43-29-14-5-22(37)17-28(29)38)3-4-21(2)46-63(50,51)26-12-8-23(9-13-26)41-44-30-19-31(64(52,53)54)27-18-32(65(55,56)57)35(36(47)33(27)34(30)39)45-42-24-6-10-25(11-7-24)62(48,49)16-15-61-66(58,59)60/h3-14,17-19,46-47H,1-2,15-16,37-39H2,(H,52,53,54)(H,55,56,57)(H,58,59,60)/b4-3-,43-40?,44-41?,45-42?. The Balaban J connectivity index is 1.41. The maximum atomic E-state index is 13.1. The average molecular weight is 1020 g/mol. The summed E-state index contributed by atoms with van der Waals surface area (Å²) in [4.78, 5) is -2.83. The number of nitrogen functional groups attached to an aromatic ring is 3. The largest absolute Gasteiger partial charge is 0.505 e. The lowest BCUT2D eigenvalue weighted by Crippen LogP contribution is -2.21. The molecular formula is C36H34N10O14S6. The van der Waals surface area contributed by atoms with Crippen LogP contribution >= 0.6 is 10.8 Å². The molecule has 348 valence electrons. The van der Waals surface area contributed by atoms with Crippen LogP contribution in [0.3, 0.4) is 0 Å². The SMILES string of the molecule is C=C(/C=C\C(=C)NS(=O)(=O)c1ccc(N=Nc2cc(S(=O)(=O)O)c3cc(S(=O)(=O)O)c(N=Nc4ccc(S(=O)(=O)CCSS(=O)(=O)O)cc4)c(O)c3c2N)cc1)N=Nc1ccc(N)cc1N. The Bertz CT molecular complexity index is 3490. The van der Waals surface area contributed by atoms with Crippen molar-refractivity contribution in [2.24, 2.45) is 30.7 Å². The van der Waals surface area contributed by atoms with E-state index in [1.54, 1.807) is 12.1 Å². The van der Waals surface area contributed by atoms with Crippen LogP contribution in [0.4, 0.5) is 45.5 Å². The Morgan fingerprint density at radius 3 is 1.80 bits per heavy atom. The van der Waals surface area contributed by atoms with E-state index in [9.17, 15) is 56.3 Å². The van der Waals surface area contributed by atoms with Crippen LogP contribution < -0.4 is 21.9 Å². The summed E-state index contributed by atoms with van der Waals surface area (Å²) < 4.78 is 154. The van der Waals surface area contributed by atoms with Crippen molar-refractivity contribution in [3.05, 3.63) is 116 Å². The molecule has 0 aromatic heterocycles. The van der Waals surface area contributed by atoms with Gasteiger partial charge in [0.2, 0.25) is 0 Å². The molecule has 0 aliphatic carbocycles. The number of nitrogens with two attached hydrogens (primary N) is 3. The summed E-state index contributed by atoms with van der Waals surface area (Å²) in [5.74, 6) is -2.37. The highest BCUT2D eigenvalue weighted by Crippen LogP contribution is 2.48. The van der Waals surface area contributed by atoms with Gasteiger partial charge in [0.1, 0.15) is 26.9 Å². The first-order valence-electron chi connectivity index (χ1n) is 17.7. The maximum Gasteiger partial charge on any atom is 0.319 e. The molecule has 0 heterocycles. The lowest BCUT2D eigenvalue weighted by Gasteiger charge is -2.14. The number of allylic oxidation sites excluding steroid dienone is 2. The topological polar surface area (TPSA) is 416 Å². The number of phenolic OH excluding ortho intramolecular Hbond substituents is 1. The van der Waals surface area contributed by atoms with Crippen molar-refractivity contribution in [1.82, 2.24) is 4.72 Å². The molecule has 5 rings (SSSR count). The summed E-state index contributed by atoms with van der Waals surface area (Å²) in [6.07, 6.45) is 2.61. The molecule has 0 atom stereocenters. The molecular weight excluding hydrogens is 989 g/mol. The number of phenols is 1. The molecule has 5 aromatic carbocycles. The van der Waals surface area contributed by atoms with E-state index in [1.165, 1.54) is 30.4 Å². The Hall–Kier alpha value is -6.64. The van der Waals surface area contributed by atoms with Crippen molar-refractivity contribution >= 4 is 116 Å². The van der Waals surface area contributed by atoms with E-state index >= 15 is 0 Å². The molecule has 30 heteroatoms. The molecule has 0 aliphatic rings. The minimum absolute atomic E-state index is 0.00109. The fraction of sp³-hybridized carbons (Fsp3) is 0.0556. The van der Waals surface area contributed by atoms with E-state index in [0.717, 1.165) is 36.4 Å². The van der Waals surface area contributed by atoms with Crippen LogP contribution in [0, 0.1) is 0 Å². The van der Waals surface area contributed by atoms with Gasteiger partial charge in [-0.3, -0.25) is 18.4 Å². The van der Waals surface area contributed by atoms with Crippen LogP contribution in [0.2, 0.25) is 0 Å². The molecule has 0 fully saturated rings. The monoisotopic (exact) mass is 1020 g/mol. The Kier molecular flexibility index (Phi) is 14.8. The van der Waals surface area contributed by atoms with Crippen LogP contribution in [0.1, 0.15) is 0 Å². The quantitative estimate of drug-likeness (QED) is 0.0151. The number of hydrogen-bond donors (Lipinski definition) is 8. The number of fused-ring (bicyclic) bond motifs is 1. The van der Waals surface area contributed by atoms with Gasteiger partial charge in [0, 0.05) is 22.5 Å². The van der Waals surface area contributed by atoms with Crippen LogP contribution in [0.15, 0.2) is 166 Å². The summed E-state index contributed by atoms with van der Waals surface area (Å²) in [6.45, 7) is 7.35. The second-order valence-corrected chi connectivity index (χ2v) is 23.2. The van der Waals surface area contributed by atoms with Crippen molar-refractivity contribution < 1.29 is 60.9 Å². The fourth-order valence-corrected chi connectivity index (χ4v) is 11.1. The molecule has 0 spiro atoms. The number of anilines is 3. The smallest absolute Gasteiger partial charge is 0.319 e. The fourth-order valence-electron chi connectivity index (χ4n) is 5.37. The third-order valence-corrected chi connectivity index (χ3v) is 15.7. The van der Waals surface area contributed by atoms with Crippen molar-refractivity contribution in [3.8, 4) is 5.75 Å². The van der Waals surface area contributed by atoms with Gasteiger partial charge in [0.05, 0.1) is 49.4 Å². The van der Waals surface area contributed by atoms with Gasteiger partial charge in [-0.05, 0) is 102 Å². The second kappa shape index (κ2) is 19.4. The van der Waals surface area contributed by atoms with Crippen molar-refractivity contribution in [1.29, 1.82) is 0 Å². The van der Waals surface area contributed by atoms with E-state index in [1.807, 2.05) is 0 Å². The number of sulfone groups is 1. The molecule has 0 saturated heterocycles. The number of nitrogens with one attached hydrogen (secondary N) is 1. The lowest BCUT2D eigenvalue weighted by atomic mass is 10.0. The molecule has 0 bridgehead atoms. The van der Waals surface area contributed by atoms with Gasteiger partial charge in [0.15, 0.2) is 15.6 Å². The first-order valence-corrected chi connectivity index (χ1v) is 26.6. The van der Waals surface area contributed by atoms with Crippen molar-refractivity contribution in [2.45, 2.75) is 19.6 Å². The van der Waals surface area contributed by atoms with E-state index in [4.69, 9.17) is 21.8 Å². The number of rotatable bonds is 18. The van der Waals surface area contributed by atoms with Crippen LogP contribution in [0.25, 0.3) is 10.8 Å². The van der Waals surface area contributed by atoms with Gasteiger partial charge >= 0.3 is 9.15 Å². The molecule has 0 unspecified atom stereocenters. The summed E-state index contributed by atoms with van der Waals surface area (Å²) in [6, 6.07) is 14.7. The Morgan fingerprint density at radius 1 is 0.667 bits per heavy atom. The molecule has 0 aliphatic heterocycles. The zero-order valence-electron chi connectivity index (χ0n) is 33.2. The second-order valence-electron chi connectivity index (χ2n) is 13.2. The van der Waals surface area contributed by atoms with Gasteiger partial charge in [-0.15, -0.1) is 15.3 Å². The first-order chi connectivity index (χ1) is 30.6. The zero-order chi connectivity index (χ0) is 49.0. The Labute approximate surface area is 380 Å². The highest BCUT2D eigenvalue weighted by Gasteiger charge is 2.29. The lowest BCUT2D eigenvalue weighted by molar-refractivity contribution is 0.471. The van der Waals surface area contributed by atoms with Crippen LogP contribution in [-0.2, 0) is 49.2 Å². The van der Waals surface area contributed by atoms with E-state index in [2.05, 4.69) is 48.6 Å². The summed E-state index contributed by atoms with van der Waals surface area (Å²) in [5.41, 5.74) is 16.6. The molecule has 66 heavy (non-hydrogen) atoms. The third kappa shape index (κ3) is 12.8. The molecule has 11 N–H and O–H groups in total. The normalized spacial score (nSPS) is 13.1. The van der Waals surface area contributed by atoms with Gasteiger partial charge in [-0.1, -0.05) is 13.2 Å². The summed E-state index contributed by atoms with van der Waals surface area (Å²) in [7, 11) is -23.4. The molecule has 24 nitrogen and oxygen atoms in total. The number of sulfonamides is 1. The van der Waals surface area contributed by atoms with E-state index in [0.29, 0.717) is 23.5 Å². The van der Waals surface area contributed by atoms with Gasteiger partial charge < -0.3 is 22.3 Å². The van der Waals surface area contributed by atoms with Crippen molar-refractivity contribution in [2.75, 3.05) is 28.7 Å². The van der Waals surface area contributed by atoms with E-state index < -0.39 is 104 Å². The predicted molar refractivity (Wildman–Crippen MR) is 244 cm³/mol. The number of hydrogen-bond acceptors (Lipinski definition) is 21. The predicted octanol–water partition coefficient (Wildman–Crippen LogP) is 6.57. The number of nitrogens with zero attached hydrogens (tertiary/aromatic N) is 6. The van der Waals surface area contributed by atoms with Gasteiger partial charge in [-0.2, -0.15) is 40.6 Å². The highest BCUT2D eigenvalue weighted by molar-refractivity contribution is 8.70. The summed E-state index contributed by atoms with van der Waals surface area (Å²) >= 11 is 0.